The number of alkyl halides is 3. The first kappa shape index (κ1) is 26.7. The molecule has 2 aromatic rings. The molecule has 0 spiro atoms. The topological polar surface area (TPSA) is 82.4 Å². The smallest absolute Gasteiger partial charge is 0.417 e. The van der Waals surface area contributed by atoms with Crippen molar-refractivity contribution in [1.82, 2.24) is 0 Å². The van der Waals surface area contributed by atoms with Crippen LogP contribution in [0.1, 0.15) is 43.9 Å². The summed E-state index contributed by atoms with van der Waals surface area (Å²) in [5.74, 6) is -0.579. The number of nitrogens with zero attached hydrogens (tertiary/aromatic N) is 2. The number of aryl methyl sites for hydroxylation is 1. The quantitative estimate of drug-likeness (QED) is 0.479. The highest BCUT2D eigenvalue weighted by Crippen LogP contribution is 2.34. The summed E-state index contributed by atoms with van der Waals surface area (Å²) < 4.78 is 45.6. The Kier molecular flexibility index (Phi) is 9.48. The molecule has 0 aliphatic rings. The van der Waals surface area contributed by atoms with Crippen LogP contribution in [0.15, 0.2) is 42.5 Å². The molecule has 0 heterocycles. The van der Waals surface area contributed by atoms with E-state index in [1.807, 2.05) is 26.0 Å². The zero-order valence-electron chi connectivity index (χ0n) is 19.4. The van der Waals surface area contributed by atoms with E-state index in [-0.39, 0.29) is 30.7 Å². The first-order valence-electron chi connectivity index (χ1n) is 10.9. The van der Waals surface area contributed by atoms with Gasteiger partial charge in [0.05, 0.1) is 23.8 Å². The summed E-state index contributed by atoms with van der Waals surface area (Å²) >= 11 is 0. The number of esters is 1. The second-order valence-corrected chi connectivity index (χ2v) is 8.32. The number of amides is 1. The third-order valence-electron chi connectivity index (χ3n) is 4.86. The van der Waals surface area contributed by atoms with Gasteiger partial charge in [0.25, 0.3) is 0 Å². The Balaban J connectivity index is 2.17. The maximum Gasteiger partial charge on any atom is 0.417 e. The van der Waals surface area contributed by atoms with Crippen molar-refractivity contribution in [2.75, 3.05) is 29.9 Å². The second-order valence-electron chi connectivity index (χ2n) is 8.32. The first-order valence-corrected chi connectivity index (χ1v) is 10.9. The maximum atomic E-state index is 13.4. The Morgan fingerprint density at radius 3 is 2.38 bits per heavy atom. The molecule has 0 radical (unpaired) electrons. The van der Waals surface area contributed by atoms with E-state index in [0.717, 1.165) is 17.7 Å². The lowest BCUT2D eigenvalue weighted by Crippen LogP contribution is -2.33. The molecule has 182 valence electrons. The lowest BCUT2D eigenvalue weighted by atomic mass is 10.1. The van der Waals surface area contributed by atoms with Crippen LogP contribution >= 0.6 is 0 Å². The number of anilines is 2. The van der Waals surface area contributed by atoms with Crippen molar-refractivity contribution in [2.45, 2.75) is 39.8 Å². The van der Waals surface area contributed by atoms with Gasteiger partial charge in [-0.3, -0.25) is 9.59 Å². The van der Waals surface area contributed by atoms with E-state index in [9.17, 15) is 22.8 Å². The summed E-state index contributed by atoms with van der Waals surface area (Å²) in [6.07, 6.45) is -3.53. The van der Waals surface area contributed by atoms with Gasteiger partial charge in [-0.1, -0.05) is 26.0 Å². The predicted molar refractivity (Wildman–Crippen MR) is 123 cm³/mol. The van der Waals surface area contributed by atoms with Gasteiger partial charge in [-0.15, -0.1) is 0 Å². The van der Waals surface area contributed by atoms with Crippen LogP contribution in [0.5, 0.6) is 0 Å². The zero-order chi connectivity index (χ0) is 25.3. The van der Waals surface area contributed by atoms with Crippen molar-refractivity contribution in [3.8, 4) is 6.07 Å². The Labute approximate surface area is 197 Å². The monoisotopic (exact) mass is 475 g/mol. The number of rotatable bonds is 10. The van der Waals surface area contributed by atoms with E-state index >= 15 is 0 Å². The molecule has 6 nitrogen and oxygen atoms in total. The predicted octanol–water partition coefficient (Wildman–Crippen LogP) is 5.17. The zero-order valence-corrected chi connectivity index (χ0v) is 19.4. The highest BCUT2D eigenvalue weighted by atomic mass is 19.4. The van der Waals surface area contributed by atoms with Gasteiger partial charge in [-0.2, -0.15) is 18.4 Å². The van der Waals surface area contributed by atoms with Crippen LogP contribution in [0.2, 0.25) is 0 Å². The number of hydrogen-bond acceptors (Lipinski definition) is 5. The van der Waals surface area contributed by atoms with Crippen molar-refractivity contribution in [1.29, 1.82) is 5.26 Å². The molecular weight excluding hydrogens is 447 g/mol. The third-order valence-corrected chi connectivity index (χ3v) is 4.86. The number of carbonyl (C=O) groups is 2. The number of benzene rings is 2. The molecule has 0 saturated carbocycles. The van der Waals surface area contributed by atoms with Gasteiger partial charge in [-0.25, -0.2) is 0 Å². The second kappa shape index (κ2) is 12.1. The number of halogens is 3. The Morgan fingerprint density at radius 2 is 1.82 bits per heavy atom. The molecule has 2 aromatic carbocycles. The van der Waals surface area contributed by atoms with Gasteiger partial charge in [0, 0.05) is 24.8 Å². The summed E-state index contributed by atoms with van der Waals surface area (Å²) in [5, 5.41) is 11.7. The fraction of sp³-hybridized carbons (Fsp3) is 0.400. The lowest BCUT2D eigenvalue weighted by molar-refractivity contribution is -0.143. The molecule has 9 heteroatoms. The Hall–Kier alpha value is -3.54. The average Bonchev–Trinajstić information content (AvgIpc) is 2.76. The highest BCUT2D eigenvalue weighted by Gasteiger charge is 2.34. The summed E-state index contributed by atoms with van der Waals surface area (Å²) in [7, 11) is 0. The molecule has 0 aliphatic carbocycles. The number of carbonyl (C=O) groups excluding carboxylic acids is 2. The summed E-state index contributed by atoms with van der Waals surface area (Å²) in [5.41, 5.74) is 0.323. The molecule has 0 saturated heterocycles. The van der Waals surface area contributed by atoms with Gasteiger partial charge in [0.15, 0.2) is 0 Å². The highest BCUT2D eigenvalue weighted by molar-refractivity contribution is 5.88. The molecule has 2 rings (SSSR count). The number of ether oxygens (including phenoxy) is 1. The fourth-order valence-electron chi connectivity index (χ4n) is 3.25. The van der Waals surface area contributed by atoms with Crippen LogP contribution in [0.25, 0.3) is 0 Å². The van der Waals surface area contributed by atoms with E-state index in [4.69, 9.17) is 10.00 Å². The molecule has 1 amide bonds. The van der Waals surface area contributed by atoms with Crippen molar-refractivity contribution in [3.63, 3.8) is 0 Å². The van der Waals surface area contributed by atoms with Crippen LogP contribution in [0, 0.1) is 17.2 Å². The van der Waals surface area contributed by atoms with Gasteiger partial charge in [-0.05, 0) is 54.7 Å². The van der Waals surface area contributed by atoms with Crippen LogP contribution < -0.4 is 10.2 Å². The summed E-state index contributed by atoms with van der Waals surface area (Å²) in [6.45, 7) is 5.50. The number of nitriles is 1. The van der Waals surface area contributed by atoms with Crippen LogP contribution in [-0.4, -0.2) is 31.6 Å². The molecule has 0 aromatic heterocycles. The molecule has 0 atom stereocenters. The van der Waals surface area contributed by atoms with Gasteiger partial charge in [0.1, 0.15) is 6.54 Å². The molecule has 0 bridgehead atoms. The lowest BCUT2D eigenvalue weighted by Gasteiger charge is -2.25. The van der Waals surface area contributed by atoms with Crippen molar-refractivity contribution < 1.29 is 27.5 Å². The van der Waals surface area contributed by atoms with E-state index in [2.05, 4.69) is 5.32 Å². The van der Waals surface area contributed by atoms with Gasteiger partial charge >= 0.3 is 12.1 Å². The fourth-order valence-corrected chi connectivity index (χ4v) is 3.25. The molecule has 0 unspecified atom stereocenters. The summed E-state index contributed by atoms with van der Waals surface area (Å²) in [4.78, 5) is 25.0. The minimum absolute atomic E-state index is 0.129. The number of hydrogen-bond donors (Lipinski definition) is 1. The molecular formula is C25H28F3N3O3. The molecule has 34 heavy (non-hydrogen) atoms. The largest absolute Gasteiger partial charge is 0.464 e. The van der Waals surface area contributed by atoms with E-state index in [1.54, 1.807) is 18.2 Å². The SMILES string of the molecule is CC(=O)Nc1ccc(CCCN(CC(=O)OCC(C)C)c2ccc(C#N)c(C(F)(F)F)c2)cc1. The molecule has 0 aliphatic heterocycles. The average molecular weight is 476 g/mol. The van der Waals surface area contributed by atoms with E-state index in [1.165, 1.54) is 17.9 Å². The van der Waals surface area contributed by atoms with E-state index < -0.39 is 23.3 Å². The third kappa shape index (κ3) is 8.43. The minimum Gasteiger partial charge on any atom is -0.464 e. The molecule has 1 N–H and O–H groups in total. The van der Waals surface area contributed by atoms with Gasteiger partial charge < -0.3 is 15.0 Å². The normalized spacial score (nSPS) is 11.1. The van der Waals surface area contributed by atoms with Gasteiger partial charge in [0.2, 0.25) is 5.91 Å². The Bertz CT molecular complexity index is 1030. The Morgan fingerprint density at radius 1 is 1.15 bits per heavy atom. The maximum absolute atomic E-state index is 13.4. The minimum atomic E-state index is -4.69. The standard InChI is InChI=1S/C25H28F3N3O3/c1-17(2)16-34-24(33)15-31(22-11-8-20(14-29)23(13-22)25(26,27)28)12-4-5-19-6-9-21(10-7-19)30-18(3)32/h6-11,13,17H,4-5,12,15-16H2,1-3H3,(H,30,32). The summed E-state index contributed by atoms with van der Waals surface area (Å²) in [6, 6.07) is 12.2. The first-order chi connectivity index (χ1) is 16.0. The van der Waals surface area contributed by atoms with E-state index in [0.29, 0.717) is 25.1 Å². The van der Waals surface area contributed by atoms with Crippen molar-refractivity contribution in [3.05, 3.63) is 59.2 Å². The van der Waals surface area contributed by atoms with Crippen molar-refractivity contribution >= 4 is 23.3 Å². The van der Waals surface area contributed by atoms with Crippen LogP contribution in [0.4, 0.5) is 24.5 Å². The van der Waals surface area contributed by atoms with Crippen molar-refractivity contribution in [2.24, 2.45) is 5.92 Å². The molecule has 0 fully saturated rings. The van der Waals surface area contributed by atoms with Crippen LogP contribution in [-0.2, 0) is 26.9 Å². The number of nitrogens with one attached hydrogen (secondary N) is 1. The van der Waals surface area contributed by atoms with Crippen LogP contribution in [0.3, 0.4) is 0 Å².